The van der Waals surface area contributed by atoms with Crippen molar-refractivity contribution in [1.29, 1.82) is 0 Å². The number of H-pyrrole nitrogens is 1. The van der Waals surface area contributed by atoms with Crippen molar-refractivity contribution < 1.29 is 14.2 Å². The molecule has 0 aliphatic rings. The van der Waals surface area contributed by atoms with Gasteiger partial charge in [-0.15, -0.1) is 11.8 Å². The van der Waals surface area contributed by atoms with Crippen molar-refractivity contribution in [2.24, 2.45) is 0 Å². The zero-order valence-corrected chi connectivity index (χ0v) is 11.2. The lowest BCUT2D eigenvalue weighted by Crippen LogP contribution is -1.79. The molecule has 0 aliphatic heterocycles. The van der Waals surface area contributed by atoms with Crippen LogP contribution >= 0.6 is 36.1 Å². The molecular weight excluding hydrogens is 316 g/mol. The number of nitrogens with one attached hydrogen (secondary N) is 1. The molecule has 0 unspecified atom stereocenters. The van der Waals surface area contributed by atoms with Crippen LogP contribution in [0.1, 0.15) is 0 Å². The largest absolute Gasteiger partial charge is 0.360 e. The highest BCUT2D eigenvalue weighted by Gasteiger charge is 2.09. The lowest BCUT2D eigenvalue weighted by atomic mass is 10.2. The van der Waals surface area contributed by atoms with Crippen LogP contribution in [0.5, 0.6) is 0 Å². The highest BCUT2D eigenvalue weighted by Crippen LogP contribution is 2.37. The van der Waals surface area contributed by atoms with Crippen molar-refractivity contribution in [1.82, 2.24) is 4.98 Å². The van der Waals surface area contributed by atoms with E-state index in [9.17, 15) is 4.39 Å². The normalized spacial score (nSPS) is 11.6. The van der Waals surface area contributed by atoms with Gasteiger partial charge in [-0.05, 0) is 28.1 Å². The van der Waals surface area contributed by atoms with Crippen molar-refractivity contribution in [3.8, 4) is 0 Å². The number of hydrogen-bond acceptors (Lipinski definition) is 3. The van der Waals surface area contributed by atoms with Gasteiger partial charge in [0, 0.05) is 22.0 Å². The standard InChI is InChI=1S/C9H8BrFNO2PS/c10-6-1-5-8(2-7(6)11)12-3-9(5)16-4-15(13)14/h1-3,12-14H,4H2. The zero-order chi connectivity index (χ0) is 11.7. The van der Waals surface area contributed by atoms with Crippen molar-refractivity contribution in [3.63, 3.8) is 0 Å². The average Bonchev–Trinajstić information content (AvgIpc) is 2.58. The summed E-state index contributed by atoms with van der Waals surface area (Å²) in [6, 6.07) is 3.09. The van der Waals surface area contributed by atoms with E-state index in [4.69, 9.17) is 9.79 Å². The van der Waals surface area contributed by atoms with Crippen molar-refractivity contribution in [3.05, 3.63) is 28.6 Å². The van der Waals surface area contributed by atoms with Crippen LogP contribution < -0.4 is 0 Å². The predicted octanol–water partition coefficient (Wildman–Crippen LogP) is 3.42. The van der Waals surface area contributed by atoms with Crippen LogP contribution in [0.3, 0.4) is 0 Å². The predicted molar refractivity (Wildman–Crippen MR) is 68.0 cm³/mol. The van der Waals surface area contributed by atoms with Gasteiger partial charge in [0.1, 0.15) is 5.82 Å². The van der Waals surface area contributed by atoms with Crippen LogP contribution in [0.25, 0.3) is 10.9 Å². The van der Waals surface area contributed by atoms with E-state index in [0.29, 0.717) is 9.99 Å². The minimum Gasteiger partial charge on any atom is -0.360 e. The van der Waals surface area contributed by atoms with Crippen LogP contribution in [0.2, 0.25) is 0 Å². The Morgan fingerprint density at radius 1 is 1.44 bits per heavy atom. The lowest BCUT2D eigenvalue weighted by Gasteiger charge is -2.01. The first-order valence-electron chi connectivity index (χ1n) is 4.32. The summed E-state index contributed by atoms with van der Waals surface area (Å²) in [6.45, 7) is 0. The molecule has 3 N–H and O–H groups in total. The van der Waals surface area contributed by atoms with Gasteiger partial charge >= 0.3 is 0 Å². The first kappa shape index (κ1) is 12.3. The molecule has 2 aromatic rings. The summed E-state index contributed by atoms with van der Waals surface area (Å²) in [7, 11) is -1.91. The molecule has 0 fully saturated rings. The van der Waals surface area contributed by atoms with Crippen molar-refractivity contribution in [2.45, 2.75) is 4.90 Å². The number of halogens is 2. The number of aromatic nitrogens is 1. The van der Waals surface area contributed by atoms with E-state index in [0.717, 1.165) is 10.3 Å². The quantitative estimate of drug-likeness (QED) is 0.599. The molecule has 0 aliphatic carbocycles. The summed E-state index contributed by atoms with van der Waals surface area (Å²) in [5, 5.41) is 0.870. The Hall–Kier alpha value is -0.130. The fourth-order valence-electron chi connectivity index (χ4n) is 1.34. The van der Waals surface area contributed by atoms with E-state index in [-0.39, 0.29) is 11.3 Å². The van der Waals surface area contributed by atoms with E-state index in [1.54, 1.807) is 12.3 Å². The van der Waals surface area contributed by atoms with Gasteiger partial charge in [-0.1, -0.05) is 0 Å². The molecule has 86 valence electrons. The lowest BCUT2D eigenvalue weighted by molar-refractivity contribution is 0.489. The number of benzene rings is 1. The molecule has 3 nitrogen and oxygen atoms in total. The third-order valence-electron chi connectivity index (χ3n) is 2.02. The summed E-state index contributed by atoms with van der Waals surface area (Å²) in [4.78, 5) is 21.5. The monoisotopic (exact) mass is 323 g/mol. The Kier molecular flexibility index (Phi) is 3.87. The van der Waals surface area contributed by atoms with Crippen LogP contribution in [-0.2, 0) is 0 Å². The molecule has 0 radical (unpaired) electrons. The van der Waals surface area contributed by atoms with Crippen LogP contribution in [0, 0.1) is 5.82 Å². The molecule has 0 saturated carbocycles. The second-order valence-electron chi connectivity index (χ2n) is 3.11. The van der Waals surface area contributed by atoms with Crippen molar-refractivity contribution in [2.75, 3.05) is 5.49 Å². The molecule has 0 atom stereocenters. The molecule has 0 bridgehead atoms. The molecule has 7 heteroatoms. The summed E-state index contributed by atoms with van der Waals surface area (Å²) < 4.78 is 13.6. The summed E-state index contributed by atoms with van der Waals surface area (Å²) >= 11 is 4.46. The molecule has 1 heterocycles. The number of hydrogen-bond donors (Lipinski definition) is 3. The number of rotatable bonds is 3. The Labute approximate surface area is 105 Å². The van der Waals surface area contributed by atoms with Crippen LogP contribution in [0.15, 0.2) is 27.7 Å². The first-order valence-corrected chi connectivity index (χ1v) is 7.53. The summed E-state index contributed by atoms with van der Waals surface area (Å²) in [5.74, 6) is -0.322. The Morgan fingerprint density at radius 2 is 2.19 bits per heavy atom. The van der Waals surface area contributed by atoms with Crippen LogP contribution in [-0.4, -0.2) is 20.3 Å². The van der Waals surface area contributed by atoms with E-state index in [1.165, 1.54) is 17.8 Å². The number of fused-ring (bicyclic) bond motifs is 1. The van der Waals surface area contributed by atoms with Gasteiger partial charge in [0.2, 0.25) is 0 Å². The summed E-state index contributed by atoms with van der Waals surface area (Å²) in [5.41, 5.74) is 0.945. The highest BCUT2D eigenvalue weighted by atomic mass is 79.9. The average molecular weight is 324 g/mol. The maximum absolute atomic E-state index is 13.2. The molecule has 0 spiro atoms. The fourth-order valence-corrected chi connectivity index (χ4v) is 3.17. The molecule has 0 amide bonds. The van der Waals surface area contributed by atoms with E-state index in [2.05, 4.69) is 20.9 Å². The SMILES string of the molecule is OP(O)CSc1c[nH]c2cc(F)c(Br)cc12. The third kappa shape index (κ3) is 2.57. The Morgan fingerprint density at radius 3 is 2.88 bits per heavy atom. The molecule has 16 heavy (non-hydrogen) atoms. The van der Waals surface area contributed by atoms with Crippen LogP contribution in [0.4, 0.5) is 4.39 Å². The minimum atomic E-state index is -1.91. The van der Waals surface area contributed by atoms with Gasteiger partial charge in [0.25, 0.3) is 0 Å². The molecule has 2 rings (SSSR count). The smallest absolute Gasteiger partial charge is 0.175 e. The Bertz CT molecular complexity index is 519. The van der Waals surface area contributed by atoms with E-state index in [1.807, 2.05) is 0 Å². The second kappa shape index (κ2) is 5.02. The van der Waals surface area contributed by atoms with Crippen molar-refractivity contribution >= 4 is 47.0 Å². The van der Waals surface area contributed by atoms with Gasteiger partial charge < -0.3 is 14.8 Å². The first-order chi connectivity index (χ1) is 7.58. The van der Waals surface area contributed by atoms with E-state index >= 15 is 0 Å². The van der Waals surface area contributed by atoms with Gasteiger partial charge in [-0.3, -0.25) is 0 Å². The van der Waals surface area contributed by atoms with Gasteiger partial charge in [0.15, 0.2) is 8.38 Å². The maximum Gasteiger partial charge on any atom is 0.175 e. The molecule has 1 aromatic heterocycles. The minimum absolute atomic E-state index is 0.247. The number of thioether (sulfide) groups is 1. The highest BCUT2D eigenvalue weighted by molar-refractivity contribution is 9.10. The maximum atomic E-state index is 13.2. The van der Waals surface area contributed by atoms with Gasteiger partial charge in [0.05, 0.1) is 9.97 Å². The molecular formula is C9H8BrFNO2PS. The van der Waals surface area contributed by atoms with Gasteiger partial charge in [-0.2, -0.15) is 0 Å². The molecule has 1 aromatic carbocycles. The van der Waals surface area contributed by atoms with E-state index < -0.39 is 8.38 Å². The summed E-state index contributed by atoms with van der Waals surface area (Å²) in [6.07, 6.45) is 1.74. The topological polar surface area (TPSA) is 56.2 Å². The third-order valence-corrected chi connectivity index (χ3v) is 4.72. The molecule has 0 saturated heterocycles. The number of aromatic amines is 1. The zero-order valence-electron chi connectivity index (χ0n) is 7.94. The second-order valence-corrected chi connectivity index (χ2v) is 6.47. The Balaban J connectivity index is 2.36. The van der Waals surface area contributed by atoms with Gasteiger partial charge in [-0.25, -0.2) is 4.39 Å². The fraction of sp³-hybridized carbons (Fsp3) is 0.111.